The number of hydrogen-bond donors (Lipinski definition) is 2. The lowest BCUT2D eigenvalue weighted by Crippen LogP contribution is -2.56. The fourth-order valence-electron chi connectivity index (χ4n) is 4.59. The molecule has 10 heteroatoms. The molecule has 0 saturated carbocycles. The average Bonchev–Trinajstić information content (AvgIpc) is 3.43. The highest BCUT2D eigenvalue weighted by Crippen LogP contribution is 2.39. The van der Waals surface area contributed by atoms with Crippen LogP contribution in [0.3, 0.4) is 0 Å². The number of fused-ring (bicyclic) bond motifs is 2. The molecule has 32 heavy (non-hydrogen) atoms. The predicted octanol–water partition coefficient (Wildman–Crippen LogP) is 1.85. The predicted molar refractivity (Wildman–Crippen MR) is 123 cm³/mol. The van der Waals surface area contributed by atoms with Crippen molar-refractivity contribution in [2.24, 2.45) is 15.1 Å². The molecule has 0 spiro atoms. The van der Waals surface area contributed by atoms with Crippen LogP contribution in [-0.4, -0.2) is 70.6 Å². The number of quaternary nitrogens is 1. The highest BCUT2D eigenvalue weighted by Gasteiger charge is 2.50. The molecule has 2 unspecified atom stereocenters. The first-order valence-electron chi connectivity index (χ1n) is 10.7. The second-order valence-electron chi connectivity index (χ2n) is 9.07. The number of nitrogens with zero attached hydrogens (tertiary/aromatic N) is 6. The summed E-state index contributed by atoms with van der Waals surface area (Å²) in [5.74, 6) is 1.20. The van der Waals surface area contributed by atoms with Crippen LogP contribution in [0.5, 0.6) is 0 Å². The molecule has 4 aliphatic heterocycles. The van der Waals surface area contributed by atoms with Gasteiger partial charge in [-0.1, -0.05) is 6.07 Å². The van der Waals surface area contributed by atoms with Gasteiger partial charge >= 0.3 is 5.84 Å². The molecule has 166 valence electrons. The molecule has 0 aliphatic carbocycles. The summed E-state index contributed by atoms with van der Waals surface area (Å²) in [6.45, 7) is 6.88. The monoisotopic (exact) mass is 435 g/mol. The number of amides is 2. The van der Waals surface area contributed by atoms with Crippen LogP contribution in [0.1, 0.15) is 32.8 Å². The van der Waals surface area contributed by atoms with E-state index in [9.17, 15) is 9.59 Å². The number of amidine groups is 1. The fourth-order valence-corrected chi connectivity index (χ4v) is 4.59. The maximum absolute atomic E-state index is 12.3. The molecule has 0 bridgehead atoms. The average molecular weight is 436 g/mol. The van der Waals surface area contributed by atoms with Crippen LogP contribution in [0.25, 0.3) is 0 Å². The summed E-state index contributed by atoms with van der Waals surface area (Å²) >= 11 is 0. The van der Waals surface area contributed by atoms with Crippen molar-refractivity contribution in [2.75, 3.05) is 30.8 Å². The van der Waals surface area contributed by atoms with E-state index in [0.717, 1.165) is 29.9 Å². The Hall–Kier alpha value is -3.37. The van der Waals surface area contributed by atoms with Crippen LogP contribution in [0, 0.1) is 0 Å². The Balaban J connectivity index is 1.40. The third kappa shape index (κ3) is 3.06. The summed E-state index contributed by atoms with van der Waals surface area (Å²) in [7, 11) is 1.84. The van der Waals surface area contributed by atoms with Crippen LogP contribution < -0.4 is 10.6 Å². The van der Waals surface area contributed by atoms with E-state index in [1.807, 2.05) is 45.3 Å². The third-order valence-corrected chi connectivity index (χ3v) is 6.74. The topological polar surface area (TPSA) is 102 Å². The van der Waals surface area contributed by atoms with E-state index in [2.05, 4.69) is 25.6 Å². The number of carbonyl (C=O) groups excluding carboxylic acids is 2. The molecular weight excluding hydrogens is 408 g/mol. The van der Waals surface area contributed by atoms with Gasteiger partial charge in [-0.3, -0.25) is 14.6 Å². The van der Waals surface area contributed by atoms with Gasteiger partial charge in [-0.2, -0.15) is 0 Å². The highest BCUT2D eigenvalue weighted by atomic mass is 16.2. The molecule has 4 heterocycles. The van der Waals surface area contributed by atoms with Crippen molar-refractivity contribution in [1.29, 1.82) is 0 Å². The quantitative estimate of drug-likeness (QED) is 0.708. The second-order valence-corrected chi connectivity index (χ2v) is 9.07. The minimum Gasteiger partial charge on any atom is -0.341 e. The van der Waals surface area contributed by atoms with Crippen molar-refractivity contribution in [2.45, 2.75) is 38.6 Å². The van der Waals surface area contributed by atoms with E-state index < -0.39 is 5.41 Å². The van der Waals surface area contributed by atoms with E-state index in [1.54, 1.807) is 24.2 Å². The zero-order valence-electron chi connectivity index (χ0n) is 18.7. The highest BCUT2D eigenvalue weighted by molar-refractivity contribution is 6.30. The molecule has 2 atom stereocenters. The first-order valence-corrected chi connectivity index (χ1v) is 10.7. The van der Waals surface area contributed by atoms with Gasteiger partial charge in [0.05, 0.1) is 30.7 Å². The lowest BCUT2D eigenvalue weighted by atomic mass is 9.86. The zero-order valence-corrected chi connectivity index (χ0v) is 18.7. The molecule has 5 rings (SSSR count). The van der Waals surface area contributed by atoms with E-state index >= 15 is 0 Å². The van der Waals surface area contributed by atoms with Gasteiger partial charge in [-0.15, -0.1) is 10.0 Å². The van der Waals surface area contributed by atoms with E-state index in [0.29, 0.717) is 18.3 Å². The van der Waals surface area contributed by atoms with Gasteiger partial charge in [-0.25, -0.2) is 0 Å². The van der Waals surface area contributed by atoms with Gasteiger partial charge in [0, 0.05) is 25.3 Å². The van der Waals surface area contributed by atoms with Crippen molar-refractivity contribution in [3.8, 4) is 0 Å². The van der Waals surface area contributed by atoms with Crippen LogP contribution in [-0.2, 0) is 15.0 Å². The van der Waals surface area contributed by atoms with Crippen LogP contribution >= 0.6 is 0 Å². The zero-order chi connectivity index (χ0) is 22.7. The maximum atomic E-state index is 12.3. The summed E-state index contributed by atoms with van der Waals surface area (Å²) in [5.41, 5.74) is 2.02. The van der Waals surface area contributed by atoms with Crippen molar-refractivity contribution in [1.82, 2.24) is 9.91 Å². The molecule has 0 aromatic heterocycles. The normalized spacial score (nSPS) is 27.5. The molecule has 1 saturated heterocycles. The van der Waals surface area contributed by atoms with Gasteiger partial charge in [0.2, 0.25) is 11.8 Å². The van der Waals surface area contributed by atoms with Gasteiger partial charge < -0.3 is 15.5 Å². The molecular formula is C22H27N8O2+. The number of likely N-dealkylation sites (N-methyl/N-ethyl adjacent to an activating group) is 1. The molecule has 1 aromatic carbocycles. The lowest BCUT2D eigenvalue weighted by Gasteiger charge is -2.32. The summed E-state index contributed by atoms with van der Waals surface area (Å²) in [6.07, 6.45) is 6.20. The Morgan fingerprint density at radius 1 is 1.38 bits per heavy atom. The van der Waals surface area contributed by atoms with Crippen LogP contribution in [0.2, 0.25) is 0 Å². The molecule has 4 aliphatic rings. The number of guanidine groups is 1. The maximum Gasteiger partial charge on any atom is 0.301 e. The fraction of sp³-hybridized carbons (Fsp3) is 0.409. The minimum atomic E-state index is -0.546. The van der Waals surface area contributed by atoms with Crippen molar-refractivity contribution in [3.63, 3.8) is 0 Å². The number of aliphatic imine (C=N–C) groups is 2. The molecule has 1 fully saturated rings. The first kappa shape index (κ1) is 20.5. The Labute approximate surface area is 186 Å². The Kier molecular flexibility index (Phi) is 4.54. The van der Waals surface area contributed by atoms with Crippen molar-refractivity contribution in [3.05, 3.63) is 36.2 Å². The standard InChI is InChI=1S/C22H26N8O2/c1-14(31)28(4)16-7-9-29(13-16)30-10-8-23-12-19(30)26-21(27-30)24-15-5-6-17-18(11-15)25-20(32)22(17,2)3/h5-6,8,10-12,16H,7,9,13H2,1-4H3,(H-,24,25,27,32)/p+1. The number of nitrogens with one attached hydrogen (secondary N) is 2. The van der Waals surface area contributed by atoms with Gasteiger partial charge in [0.25, 0.3) is 5.96 Å². The molecule has 2 amide bonds. The van der Waals surface area contributed by atoms with E-state index in [4.69, 9.17) is 5.10 Å². The van der Waals surface area contributed by atoms with E-state index in [1.165, 1.54) is 0 Å². The van der Waals surface area contributed by atoms with Crippen LogP contribution in [0.15, 0.2) is 45.7 Å². The summed E-state index contributed by atoms with van der Waals surface area (Å²) in [4.78, 5) is 34.8. The number of hydrogen-bond acceptors (Lipinski definition) is 7. The van der Waals surface area contributed by atoms with Crippen molar-refractivity contribution < 1.29 is 14.3 Å². The van der Waals surface area contributed by atoms with Gasteiger partial charge in [0.1, 0.15) is 6.21 Å². The Morgan fingerprint density at radius 3 is 2.97 bits per heavy atom. The van der Waals surface area contributed by atoms with E-state index in [-0.39, 0.29) is 22.6 Å². The summed E-state index contributed by atoms with van der Waals surface area (Å²) < 4.78 is 0.1000. The number of benzene rings is 1. The Bertz CT molecular complexity index is 1130. The first-order chi connectivity index (χ1) is 15.2. The number of rotatable bonds is 3. The Morgan fingerprint density at radius 2 is 2.19 bits per heavy atom. The number of carbonyl (C=O) groups is 2. The molecule has 1 aromatic rings. The second kappa shape index (κ2) is 7.07. The van der Waals surface area contributed by atoms with Gasteiger partial charge in [0.15, 0.2) is 6.20 Å². The largest absolute Gasteiger partial charge is 0.341 e. The smallest absolute Gasteiger partial charge is 0.301 e. The van der Waals surface area contributed by atoms with Crippen molar-refractivity contribution >= 4 is 41.2 Å². The lowest BCUT2D eigenvalue weighted by molar-refractivity contribution is -0.915. The number of anilines is 2. The minimum absolute atomic E-state index is 0.00907. The molecule has 2 N–H and O–H groups in total. The summed E-state index contributed by atoms with van der Waals surface area (Å²) in [6, 6.07) is 5.93. The van der Waals surface area contributed by atoms with Gasteiger partial charge in [-0.05, 0) is 47.8 Å². The molecule has 10 nitrogen and oxygen atoms in total. The SMILES string of the molecule is CC(=O)N(C)C1CCN([N+]23C=CN=CC2=NC(Nc2ccc4c(c2)NC(=O)C4(C)C)=N3)C1. The third-order valence-electron chi connectivity index (χ3n) is 6.74. The molecule has 0 radical (unpaired) electrons. The van der Waals surface area contributed by atoms with Crippen LogP contribution in [0.4, 0.5) is 11.4 Å². The summed E-state index contributed by atoms with van der Waals surface area (Å²) in [5, 5.41) is 13.3.